The summed E-state index contributed by atoms with van der Waals surface area (Å²) in [5.74, 6) is 0.883. The molecule has 2 aromatic carbocycles. The molecule has 2 aliphatic rings. The fourth-order valence-electron chi connectivity index (χ4n) is 3.41. The fraction of sp³-hybridized carbons (Fsp3) is 0.227. The van der Waals surface area contributed by atoms with Crippen LogP contribution in [0.3, 0.4) is 0 Å². The molecule has 0 spiro atoms. The second kappa shape index (κ2) is 7.79. The van der Waals surface area contributed by atoms with Gasteiger partial charge in [-0.15, -0.1) is 0 Å². The van der Waals surface area contributed by atoms with Gasteiger partial charge in [0, 0.05) is 29.8 Å². The molecule has 0 bridgehead atoms. The second-order valence-electron chi connectivity index (χ2n) is 6.61. The highest BCUT2D eigenvalue weighted by molar-refractivity contribution is 6.13. The Labute approximate surface area is 168 Å². The smallest absolute Gasteiger partial charge is 0.363 e. The molecule has 1 fully saturated rings. The topological polar surface area (TPSA) is 77.4 Å². The summed E-state index contributed by atoms with van der Waals surface area (Å²) in [5.41, 5.74) is 2.32. The number of amides is 1. The SMILES string of the molecule is COc1cccc(/C=C2\N=C(c3ccc(N4CCCC4=O)cc3)OC2=O)c1OC. The number of carbonyl (C=O) groups is 2. The predicted molar refractivity (Wildman–Crippen MR) is 108 cm³/mol. The molecule has 0 radical (unpaired) electrons. The molecule has 0 saturated carbocycles. The van der Waals surface area contributed by atoms with Gasteiger partial charge in [0.15, 0.2) is 17.2 Å². The van der Waals surface area contributed by atoms with Gasteiger partial charge in [-0.2, -0.15) is 0 Å². The Bertz CT molecular complexity index is 1020. The summed E-state index contributed by atoms with van der Waals surface area (Å²) in [7, 11) is 3.09. The lowest BCUT2D eigenvalue weighted by atomic mass is 10.1. The highest BCUT2D eigenvalue weighted by Gasteiger charge is 2.26. The number of methoxy groups -OCH3 is 2. The number of aliphatic imine (C=N–C) groups is 1. The summed E-state index contributed by atoms with van der Waals surface area (Å²) in [4.78, 5) is 30.3. The van der Waals surface area contributed by atoms with E-state index in [1.54, 1.807) is 48.4 Å². The van der Waals surface area contributed by atoms with Crippen LogP contribution in [-0.4, -0.2) is 38.5 Å². The zero-order valence-corrected chi connectivity index (χ0v) is 16.2. The third-order valence-electron chi connectivity index (χ3n) is 4.85. The summed E-state index contributed by atoms with van der Waals surface area (Å²) in [6, 6.07) is 12.6. The number of rotatable bonds is 5. The van der Waals surface area contributed by atoms with Crippen LogP contribution >= 0.6 is 0 Å². The molecule has 148 valence electrons. The molecule has 2 heterocycles. The van der Waals surface area contributed by atoms with E-state index in [0.29, 0.717) is 29.0 Å². The summed E-state index contributed by atoms with van der Waals surface area (Å²) < 4.78 is 16.0. The summed E-state index contributed by atoms with van der Waals surface area (Å²) >= 11 is 0. The van der Waals surface area contributed by atoms with Gasteiger partial charge < -0.3 is 19.1 Å². The molecular formula is C22H20N2O5. The van der Waals surface area contributed by atoms with Crippen molar-refractivity contribution in [3.05, 3.63) is 59.3 Å². The van der Waals surface area contributed by atoms with Crippen LogP contribution in [0.25, 0.3) is 6.08 Å². The third-order valence-corrected chi connectivity index (χ3v) is 4.85. The van der Waals surface area contributed by atoms with Crippen LogP contribution < -0.4 is 14.4 Å². The minimum absolute atomic E-state index is 0.125. The number of cyclic esters (lactones) is 1. The lowest BCUT2D eigenvalue weighted by Gasteiger charge is -2.15. The molecule has 7 heteroatoms. The number of hydrogen-bond acceptors (Lipinski definition) is 6. The number of para-hydroxylation sites is 1. The molecule has 0 aliphatic carbocycles. The minimum atomic E-state index is -0.538. The second-order valence-corrected chi connectivity index (χ2v) is 6.61. The van der Waals surface area contributed by atoms with Crippen LogP contribution in [0.4, 0.5) is 5.69 Å². The fourth-order valence-corrected chi connectivity index (χ4v) is 3.41. The first-order valence-electron chi connectivity index (χ1n) is 9.25. The number of benzene rings is 2. The predicted octanol–water partition coefficient (Wildman–Crippen LogP) is 3.18. The van der Waals surface area contributed by atoms with Crippen molar-refractivity contribution < 1.29 is 23.8 Å². The van der Waals surface area contributed by atoms with Gasteiger partial charge in [0.05, 0.1) is 14.2 Å². The largest absolute Gasteiger partial charge is 0.493 e. The van der Waals surface area contributed by atoms with Crippen molar-refractivity contribution in [2.24, 2.45) is 4.99 Å². The number of carbonyl (C=O) groups excluding carboxylic acids is 2. The van der Waals surface area contributed by atoms with Gasteiger partial charge in [-0.1, -0.05) is 12.1 Å². The Balaban J connectivity index is 1.61. The van der Waals surface area contributed by atoms with E-state index in [1.807, 2.05) is 12.1 Å². The molecule has 0 unspecified atom stereocenters. The van der Waals surface area contributed by atoms with Crippen molar-refractivity contribution in [1.82, 2.24) is 0 Å². The quantitative estimate of drug-likeness (QED) is 0.577. The average molecular weight is 392 g/mol. The first kappa shape index (κ1) is 18.7. The van der Waals surface area contributed by atoms with E-state index >= 15 is 0 Å². The Morgan fingerprint density at radius 2 is 1.86 bits per heavy atom. The van der Waals surface area contributed by atoms with E-state index in [1.165, 1.54) is 7.11 Å². The zero-order chi connectivity index (χ0) is 20.4. The molecule has 2 aromatic rings. The molecule has 0 atom stereocenters. The van der Waals surface area contributed by atoms with Crippen molar-refractivity contribution in [1.29, 1.82) is 0 Å². The van der Waals surface area contributed by atoms with E-state index in [9.17, 15) is 9.59 Å². The van der Waals surface area contributed by atoms with Crippen molar-refractivity contribution >= 4 is 29.5 Å². The van der Waals surface area contributed by atoms with Gasteiger partial charge in [-0.3, -0.25) is 4.79 Å². The zero-order valence-electron chi connectivity index (χ0n) is 16.2. The van der Waals surface area contributed by atoms with Crippen LogP contribution in [-0.2, 0) is 14.3 Å². The number of hydrogen-bond donors (Lipinski definition) is 0. The Morgan fingerprint density at radius 3 is 2.52 bits per heavy atom. The van der Waals surface area contributed by atoms with Gasteiger partial charge in [0.25, 0.3) is 0 Å². The molecule has 0 aromatic heterocycles. The van der Waals surface area contributed by atoms with Crippen LogP contribution in [0, 0.1) is 0 Å². The average Bonchev–Trinajstić information content (AvgIpc) is 3.33. The van der Waals surface area contributed by atoms with Gasteiger partial charge in [-0.25, -0.2) is 9.79 Å². The lowest BCUT2D eigenvalue weighted by molar-refractivity contribution is -0.130. The Morgan fingerprint density at radius 1 is 1.07 bits per heavy atom. The van der Waals surface area contributed by atoms with Crippen LogP contribution in [0.5, 0.6) is 11.5 Å². The first-order valence-corrected chi connectivity index (χ1v) is 9.25. The highest BCUT2D eigenvalue weighted by atomic mass is 16.6. The molecule has 2 aliphatic heterocycles. The standard InChI is InChI=1S/C22H20N2O5/c1-27-18-6-3-5-15(20(18)28-2)13-17-22(26)29-21(23-17)14-8-10-16(11-9-14)24-12-4-7-19(24)25/h3,5-6,8-11,13H,4,7,12H2,1-2H3/b17-13-. The summed E-state index contributed by atoms with van der Waals surface area (Å²) in [6.45, 7) is 0.726. The first-order chi connectivity index (χ1) is 14.1. The summed E-state index contributed by atoms with van der Waals surface area (Å²) in [6.07, 6.45) is 3.05. The van der Waals surface area contributed by atoms with E-state index in [-0.39, 0.29) is 17.5 Å². The maximum Gasteiger partial charge on any atom is 0.363 e. The van der Waals surface area contributed by atoms with Crippen LogP contribution in [0.1, 0.15) is 24.0 Å². The van der Waals surface area contributed by atoms with Crippen LogP contribution in [0.15, 0.2) is 53.2 Å². The number of esters is 1. The van der Waals surface area contributed by atoms with Crippen molar-refractivity contribution in [3.63, 3.8) is 0 Å². The summed E-state index contributed by atoms with van der Waals surface area (Å²) in [5, 5.41) is 0. The molecule has 1 saturated heterocycles. The van der Waals surface area contributed by atoms with E-state index in [4.69, 9.17) is 14.2 Å². The van der Waals surface area contributed by atoms with E-state index in [2.05, 4.69) is 4.99 Å². The molecule has 0 N–H and O–H groups in total. The monoisotopic (exact) mass is 392 g/mol. The van der Waals surface area contributed by atoms with Gasteiger partial charge in [0.1, 0.15) is 0 Å². The molecule has 7 nitrogen and oxygen atoms in total. The lowest BCUT2D eigenvalue weighted by Crippen LogP contribution is -2.23. The van der Waals surface area contributed by atoms with Gasteiger partial charge >= 0.3 is 5.97 Å². The highest BCUT2D eigenvalue weighted by Crippen LogP contribution is 2.33. The Hall–Kier alpha value is -3.61. The molecule has 29 heavy (non-hydrogen) atoms. The molecule has 1 amide bonds. The maximum absolute atomic E-state index is 12.3. The number of nitrogens with zero attached hydrogens (tertiary/aromatic N) is 2. The van der Waals surface area contributed by atoms with Crippen molar-refractivity contribution in [3.8, 4) is 11.5 Å². The Kier molecular flexibility index (Phi) is 5.03. The van der Waals surface area contributed by atoms with Gasteiger partial charge in [0.2, 0.25) is 11.8 Å². The molecular weight excluding hydrogens is 372 g/mol. The van der Waals surface area contributed by atoms with Crippen molar-refractivity contribution in [2.75, 3.05) is 25.7 Å². The van der Waals surface area contributed by atoms with Gasteiger partial charge in [-0.05, 0) is 42.8 Å². The third kappa shape index (κ3) is 3.59. The maximum atomic E-state index is 12.3. The van der Waals surface area contributed by atoms with Crippen molar-refractivity contribution in [2.45, 2.75) is 12.8 Å². The number of ether oxygens (including phenoxy) is 3. The normalized spacial score (nSPS) is 17.5. The molecule has 4 rings (SSSR count). The van der Waals surface area contributed by atoms with Crippen LogP contribution in [0.2, 0.25) is 0 Å². The number of anilines is 1. The minimum Gasteiger partial charge on any atom is -0.493 e. The van der Waals surface area contributed by atoms with E-state index in [0.717, 1.165) is 18.7 Å². The van der Waals surface area contributed by atoms with E-state index < -0.39 is 5.97 Å².